The third-order valence-electron chi connectivity index (χ3n) is 3.75. The Bertz CT molecular complexity index is 942. The highest BCUT2D eigenvalue weighted by atomic mass is 79.9. The maximum Gasteiger partial charge on any atom is 0.0606 e. The summed E-state index contributed by atoms with van der Waals surface area (Å²) < 4.78 is 1.10. The molecule has 112 valence electrons. The Labute approximate surface area is 147 Å². The molecule has 0 spiro atoms. The van der Waals surface area contributed by atoms with Crippen LogP contribution in [0, 0.1) is 0 Å². The van der Waals surface area contributed by atoms with Gasteiger partial charge in [0.2, 0.25) is 0 Å². The van der Waals surface area contributed by atoms with Gasteiger partial charge in [-0.2, -0.15) is 0 Å². The van der Waals surface area contributed by atoms with Crippen molar-refractivity contribution in [1.82, 2.24) is 4.98 Å². The van der Waals surface area contributed by atoms with Crippen molar-refractivity contribution in [3.05, 3.63) is 83.3 Å². The van der Waals surface area contributed by atoms with E-state index in [9.17, 15) is 0 Å². The molecule has 23 heavy (non-hydrogen) atoms. The summed E-state index contributed by atoms with van der Waals surface area (Å²) in [6.07, 6.45) is 0. The molecule has 0 atom stereocenters. The summed E-state index contributed by atoms with van der Waals surface area (Å²) in [5, 5.41) is 1.26. The average Bonchev–Trinajstić information content (AvgIpc) is 2.96. The third-order valence-corrected chi connectivity index (χ3v) is 5.42. The van der Waals surface area contributed by atoms with E-state index in [1.807, 2.05) is 6.07 Å². The first kappa shape index (κ1) is 14.6. The average molecular weight is 380 g/mol. The SMILES string of the molecule is Brc1ccc(Sc2c(-c3ccccc3)[nH]c3ccccc23)cc1. The lowest BCUT2D eigenvalue weighted by atomic mass is 10.1. The Kier molecular flexibility index (Phi) is 3.98. The number of H-pyrrole nitrogens is 1. The number of rotatable bonds is 3. The van der Waals surface area contributed by atoms with Crippen molar-refractivity contribution in [3.8, 4) is 11.3 Å². The lowest BCUT2D eigenvalue weighted by molar-refractivity contribution is 1.38. The lowest BCUT2D eigenvalue weighted by Crippen LogP contribution is -1.80. The summed E-state index contributed by atoms with van der Waals surface area (Å²) in [5.74, 6) is 0. The van der Waals surface area contributed by atoms with Crippen molar-refractivity contribution in [3.63, 3.8) is 0 Å². The summed E-state index contributed by atoms with van der Waals surface area (Å²) in [4.78, 5) is 6.09. The van der Waals surface area contributed by atoms with E-state index < -0.39 is 0 Å². The summed E-state index contributed by atoms with van der Waals surface area (Å²) in [6, 6.07) is 27.4. The Morgan fingerprint density at radius 3 is 2.22 bits per heavy atom. The molecular formula is C20H14BrNS. The molecule has 1 nitrogen and oxygen atoms in total. The number of benzene rings is 3. The Hall–Kier alpha value is -1.97. The van der Waals surface area contributed by atoms with Crippen molar-refractivity contribution >= 4 is 38.6 Å². The second-order valence-corrected chi connectivity index (χ2v) is 7.30. The molecule has 0 bridgehead atoms. The molecule has 0 radical (unpaired) electrons. The molecule has 4 aromatic rings. The summed E-state index contributed by atoms with van der Waals surface area (Å²) >= 11 is 5.30. The first-order valence-electron chi connectivity index (χ1n) is 7.41. The van der Waals surface area contributed by atoms with Crippen LogP contribution in [0.25, 0.3) is 22.2 Å². The number of aromatic amines is 1. The zero-order chi connectivity index (χ0) is 15.6. The maximum atomic E-state index is 3.58. The number of fused-ring (bicyclic) bond motifs is 1. The van der Waals surface area contributed by atoms with E-state index in [1.54, 1.807) is 11.8 Å². The number of hydrogen-bond acceptors (Lipinski definition) is 1. The van der Waals surface area contributed by atoms with E-state index in [0.29, 0.717) is 0 Å². The molecule has 0 saturated carbocycles. The number of halogens is 1. The quantitative estimate of drug-likeness (QED) is 0.416. The molecule has 0 unspecified atom stereocenters. The predicted molar refractivity (Wildman–Crippen MR) is 102 cm³/mol. The Morgan fingerprint density at radius 2 is 1.43 bits per heavy atom. The largest absolute Gasteiger partial charge is 0.354 e. The minimum Gasteiger partial charge on any atom is -0.354 e. The fourth-order valence-electron chi connectivity index (χ4n) is 2.65. The molecular weight excluding hydrogens is 366 g/mol. The van der Waals surface area contributed by atoms with Gasteiger partial charge >= 0.3 is 0 Å². The summed E-state index contributed by atoms with van der Waals surface area (Å²) in [6.45, 7) is 0. The fourth-order valence-corrected chi connectivity index (χ4v) is 3.98. The zero-order valence-electron chi connectivity index (χ0n) is 12.3. The van der Waals surface area contributed by atoms with Gasteiger partial charge in [0.1, 0.15) is 0 Å². The Morgan fingerprint density at radius 1 is 0.739 bits per heavy atom. The van der Waals surface area contributed by atoms with Crippen LogP contribution in [0.3, 0.4) is 0 Å². The van der Waals surface area contributed by atoms with Gasteiger partial charge in [-0.15, -0.1) is 0 Å². The van der Waals surface area contributed by atoms with E-state index in [1.165, 1.54) is 32.0 Å². The van der Waals surface area contributed by atoms with Gasteiger partial charge in [-0.1, -0.05) is 76.2 Å². The number of aromatic nitrogens is 1. The summed E-state index contributed by atoms with van der Waals surface area (Å²) in [5.41, 5.74) is 3.56. The van der Waals surface area contributed by atoms with Crippen LogP contribution in [0.2, 0.25) is 0 Å². The second-order valence-electron chi connectivity index (χ2n) is 5.30. The maximum absolute atomic E-state index is 3.58. The van der Waals surface area contributed by atoms with Crippen molar-refractivity contribution in [2.24, 2.45) is 0 Å². The van der Waals surface area contributed by atoms with Gasteiger partial charge in [-0.3, -0.25) is 0 Å². The van der Waals surface area contributed by atoms with Crippen LogP contribution in [0.4, 0.5) is 0 Å². The first-order chi connectivity index (χ1) is 11.3. The van der Waals surface area contributed by atoms with Gasteiger partial charge < -0.3 is 4.98 Å². The molecule has 4 rings (SSSR count). The van der Waals surface area contributed by atoms with Crippen LogP contribution in [0.5, 0.6) is 0 Å². The van der Waals surface area contributed by atoms with E-state index in [-0.39, 0.29) is 0 Å². The van der Waals surface area contributed by atoms with Crippen molar-refractivity contribution < 1.29 is 0 Å². The van der Waals surface area contributed by atoms with Crippen molar-refractivity contribution in [2.45, 2.75) is 9.79 Å². The highest BCUT2D eigenvalue weighted by Gasteiger charge is 2.14. The molecule has 3 aromatic carbocycles. The molecule has 0 saturated heterocycles. The normalized spacial score (nSPS) is 11.0. The summed E-state index contributed by atoms with van der Waals surface area (Å²) in [7, 11) is 0. The van der Waals surface area contributed by atoms with Crippen LogP contribution in [-0.4, -0.2) is 4.98 Å². The monoisotopic (exact) mass is 379 g/mol. The highest BCUT2D eigenvalue weighted by Crippen LogP contribution is 2.41. The van der Waals surface area contributed by atoms with Crippen LogP contribution in [-0.2, 0) is 0 Å². The van der Waals surface area contributed by atoms with Gasteiger partial charge in [-0.25, -0.2) is 0 Å². The smallest absolute Gasteiger partial charge is 0.0606 e. The second kappa shape index (κ2) is 6.26. The van der Waals surface area contributed by atoms with Crippen LogP contribution < -0.4 is 0 Å². The van der Waals surface area contributed by atoms with E-state index in [2.05, 4.69) is 93.7 Å². The number of para-hydroxylation sites is 1. The third kappa shape index (κ3) is 2.94. The molecule has 3 heteroatoms. The van der Waals surface area contributed by atoms with E-state index >= 15 is 0 Å². The van der Waals surface area contributed by atoms with E-state index in [0.717, 1.165) is 4.47 Å². The highest BCUT2D eigenvalue weighted by molar-refractivity contribution is 9.10. The molecule has 0 fully saturated rings. The van der Waals surface area contributed by atoms with Crippen LogP contribution >= 0.6 is 27.7 Å². The van der Waals surface area contributed by atoms with Gasteiger partial charge in [0.25, 0.3) is 0 Å². The molecule has 1 N–H and O–H groups in total. The zero-order valence-corrected chi connectivity index (χ0v) is 14.7. The fraction of sp³-hybridized carbons (Fsp3) is 0. The first-order valence-corrected chi connectivity index (χ1v) is 9.02. The minimum absolute atomic E-state index is 1.10. The van der Waals surface area contributed by atoms with Crippen molar-refractivity contribution in [1.29, 1.82) is 0 Å². The molecule has 0 amide bonds. The van der Waals surface area contributed by atoms with E-state index in [4.69, 9.17) is 0 Å². The molecule has 1 aromatic heterocycles. The molecule has 0 aliphatic rings. The van der Waals surface area contributed by atoms with Crippen molar-refractivity contribution in [2.75, 3.05) is 0 Å². The van der Waals surface area contributed by atoms with Gasteiger partial charge in [0.05, 0.1) is 5.69 Å². The van der Waals surface area contributed by atoms with Gasteiger partial charge in [0, 0.05) is 25.2 Å². The van der Waals surface area contributed by atoms with Crippen LogP contribution in [0.15, 0.2) is 93.1 Å². The Balaban J connectivity index is 1.87. The predicted octanol–water partition coefficient (Wildman–Crippen LogP) is 6.75. The molecule has 0 aliphatic carbocycles. The standard InChI is InChI=1S/C20H14BrNS/c21-15-10-12-16(13-11-15)23-20-17-8-4-5-9-18(17)22-19(20)14-6-2-1-3-7-14/h1-13,22H. The van der Waals surface area contributed by atoms with Crippen LogP contribution in [0.1, 0.15) is 0 Å². The van der Waals surface area contributed by atoms with Gasteiger partial charge in [0.15, 0.2) is 0 Å². The topological polar surface area (TPSA) is 15.8 Å². The minimum atomic E-state index is 1.10. The molecule has 1 heterocycles. The lowest BCUT2D eigenvalue weighted by Gasteiger charge is -2.05. The van der Waals surface area contributed by atoms with Gasteiger partial charge in [-0.05, 0) is 35.9 Å². The number of nitrogens with one attached hydrogen (secondary N) is 1. The number of hydrogen-bond donors (Lipinski definition) is 1. The molecule has 0 aliphatic heterocycles.